The van der Waals surface area contributed by atoms with Gasteiger partial charge in [0.1, 0.15) is 5.78 Å². The van der Waals surface area contributed by atoms with Gasteiger partial charge in [-0.05, 0) is 74.0 Å². The van der Waals surface area contributed by atoms with Crippen molar-refractivity contribution in [3.63, 3.8) is 0 Å². The predicted octanol–water partition coefficient (Wildman–Crippen LogP) is 3.65. The number of amides is 1. The van der Waals surface area contributed by atoms with Gasteiger partial charge in [-0.2, -0.15) is 0 Å². The summed E-state index contributed by atoms with van der Waals surface area (Å²) in [5.41, 5.74) is 2.06. The molecule has 0 spiro atoms. The third-order valence-corrected chi connectivity index (χ3v) is 9.72. The standard InChI is InChI=1S/C26H31N3O5S/c30-15-19-13-28-25(14-27-19)29-26(32)23(11-16-1-6-20(31)7-2-16)18-5-10-24(22(12-18)17-3-4-17)35(33,34)21-8-9-21/h5,10,12-14,16-17,21,23,30H,1-4,6-9,11,15H2,(H,28,29,32)/t23-/m1/s1. The van der Waals surface area contributed by atoms with Crippen LogP contribution in [0, 0.1) is 5.92 Å². The molecular formula is C26H31N3O5S. The summed E-state index contributed by atoms with van der Waals surface area (Å²) in [7, 11) is -3.33. The van der Waals surface area contributed by atoms with E-state index >= 15 is 0 Å². The largest absolute Gasteiger partial charge is 0.390 e. The second-order valence-corrected chi connectivity index (χ2v) is 12.3. The lowest BCUT2D eigenvalue weighted by Crippen LogP contribution is -2.26. The van der Waals surface area contributed by atoms with Crippen LogP contribution in [-0.2, 0) is 26.0 Å². The van der Waals surface area contributed by atoms with Crippen LogP contribution in [0.25, 0.3) is 0 Å². The minimum atomic E-state index is -3.33. The molecule has 3 aliphatic rings. The Labute approximate surface area is 205 Å². The van der Waals surface area contributed by atoms with E-state index in [-0.39, 0.29) is 35.4 Å². The number of anilines is 1. The first kappa shape index (κ1) is 24.1. The van der Waals surface area contributed by atoms with Crippen molar-refractivity contribution in [2.24, 2.45) is 5.92 Å². The number of rotatable bonds is 9. The molecule has 9 heteroatoms. The highest BCUT2D eigenvalue weighted by Crippen LogP contribution is 2.46. The molecule has 0 aliphatic heterocycles. The van der Waals surface area contributed by atoms with Crippen LogP contribution < -0.4 is 5.32 Å². The van der Waals surface area contributed by atoms with Crippen LogP contribution in [0.1, 0.15) is 86.4 Å². The van der Waals surface area contributed by atoms with Gasteiger partial charge in [0.15, 0.2) is 15.7 Å². The number of carbonyl (C=O) groups excluding carboxylic acids is 2. The van der Waals surface area contributed by atoms with Crippen LogP contribution >= 0.6 is 0 Å². The minimum absolute atomic E-state index is 0.228. The second kappa shape index (κ2) is 9.78. The number of hydrogen-bond donors (Lipinski definition) is 2. The Hall–Kier alpha value is -2.65. The van der Waals surface area contributed by atoms with Crippen LogP contribution in [0.5, 0.6) is 0 Å². The Morgan fingerprint density at radius 3 is 2.40 bits per heavy atom. The third-order valence-electron chi connectivity index (χ3n) is 7.39. The highest BCUT2D eigenvalue weighted by Gasteiger charge is 2.41. The monoisotopic (exact) mass is 497 g/mol. The van der Waals surface area contributed by atoms with Crippen molar-refractivity contribution in [3.05, 3.63) is 47.4 Å². The molecule has 2 aromatic rings. The molecule has 186 valence electrons. The molecule has 0 radical (unpaired) electrons. The lowest BCUT2D eigenvalue weighted by Gasteiger charge is -2.26. The van der Waals surface area contributed by atoms with E-state index in [1.54, 1.807) is 12.1 Å². The Morgan fingerprint density at radius 1 is 1.06 bits per heavy atom. The van der Waals surface area contributed by atoms with Gasteiger partial charge in [0.2, 0.25) is 5.91 Å². The highest BCUT2D eigenvalue weighted by molar-refractivity contribution is 7.92. The fourth-order valence-electron chi connectivity index (χ4n) is 4.99. The molecule has 3 aliphatic carbocycles. The zero-order valence-electron chi connectivity index (χ0n) is 19.7. The molecule has 8 nitrogen and oxygen atoms in total. The zero-order valence-corrected chi connectivity index (χ0v) is 20.5. The average Bonchev–Trinajstić information content (AvgIpc) is 3.76. The van der Waals surface area contributed by atoms with Gasteiger partial charge >= 0.3 is 0 Å². The number of carbonyl (C=O) groups is 2. The van der Waals surface area contributed by atoms with E-state index in [0.717, 1.165) is 49.7 Å². The van der Waals surface area contributed by atoms with Crippen molar-refractivity contribution in [2.75, 3.05) is 5.32 Å². The van der Waals surface area contributed by atoms with Crippen LogP contribution in [0.4, 0.5) is 5.82 Å². The molecule has 0 saturated heterocycles. The van der Waals surface area contributed by atoms with Gasteiger partial charge in [0.25, 0.3) is 0 Å². The SMILES string of the molecule is O=C1CCC(C[C@@H](C(=O)Nc2cnc(CO)cn2)c2ccc(S(=O)(=O)C3CC3)c(C3CC3)c2)CC1. The summed E-state index contributed by atoms with van der Waals surface area (Å²) in [4.78, 5) is 33.9. The summed E-state index contributed by atoms with van der Waals surface area (Å²) < 4.78 is 26.1. The molecule has 2 N–H and O–H groups in total. The van der Waals surface area contributed by atoms with Gasteiger partial charge in [-0.15, -0.1) is 0 Å². The van der Waals surface area contributed by atoms with E-state index in [9.17, 15) is 23.1 Å². The molecule has 1 aromatic carbocycles. The van der Waals surface area contributed by atoms with Gasteiger partial charge in [-0.3, -0.25) is 14.6 Å². The lowest BCUT2D eigenvalue weighted by atomic mass is 9.79. The Balaban J connectivity index is 1.45. The maximum Gasteiger partial charge on any atom is 0.233 e. The first-order valence-electron chi connectivity index (χ1n) is 12.5. The predicted molar refractivity (Wildman–Crippen MR) is 130 cm³/mol. The van der Waals surface area contributed by atoms with Crippen molar-refractivity contribution >= 4 is 27.3 Å². The van der Waals surface area contributed by atoms with E-state index in [1.807, 2.05) is 6.07 Å². The molecule has 0 bridgehead atoms. The van der Waals surface area contributed by atoms with Crippen molar-refractivity contribution in [3.8, 4) is 0 Å². The lowest BCUT2D eigenvalue weighted by molar-refractivity contribution is -0.121. The van der Waals surface area contributed by atoms with Gasteiger partial charge in [0.05, 0.1) is 40.8 Å². The number of Topliss-reactive ketones (excluding diaryl/α,β-unsaturated/α-hetero) is 1. The van der Waals surface area contributed by atoms with Crippen LogP contribution in [0.2, 0.25) is 0 Å². The molecule has 5 rings (SSSR count). The zero-order chi connectivity index (χ0) is 24.6. The normalized spacial score (nSPS) is 20.0. The number of nitrogens with zero attached hydrogens (tertiary/aromatic N) is 2. The quantitative estimate of drug-likeness (QED) is 0.541. The van der Waals surface area contributed by atoms with Crippen LogP contribution in [0.3, 0.4) is 0 Å². The van der Waals surface area contributed by atoms with Gasteiger partial charge in [0, 0.05) is 12.8 Å². The van der Waals surface area contributed by atoms with Crippen molar-refractivity contribution in [2.45, 2.75) is 86.4 Å². The first-order chi connectivity index (χ1) is 16.8. The fraction of sp³-hybridized carbons (Fsp3) is 0.538. The molecule has 3 fully saturated rings. The van der Waals surface area contributed by atoms with Crippen molar-refractivity contribution < 1.29 is 23.1 Å². The van der Waals surface area contributed by atoms with Crippen LogP contribution in [0.15, 0.2) is 35.5 Å². The van der Waals surface area contributed by atoms with E-state index < -0.39 is 15.8 Å². The molecule has 35 heavy (non-hydrogen) atoms. The van der Waals surface area contributed by atoms with Crippen molar-refractivity contribution in [1.82, 2.24) is 9.97 Å². The smallest absolute Gasteiger partial charge is 0.233 e. The number of sulfone groups is 1. The topological polar surface area (TPSA) is 126 Å². The van der Waals surface area contributed by atoms with Gasteiger partial charge < -0.3 is 10.4 Å². The number of aromatic nitrogens is 2. The average molecular weight is 498 g/mol. The number of nitrogens with one attached hydrogen (secondary N) is 1. The van der Waals surface area contributed by atoms with Gasteiger partial charge in [-0.1, -0.05) is 12.1 Å². The third kappa shape index (κ3) is 5.46. The number of ketones is 1. The van der Waals surface area contributed by atoms with E-state index in [1.165, 1.54) is 12.4 Å². The van der Waals surface area contributed by atoms with Crippen LogP contribution in [-0.4, -0.2) is 40.4 Å². The number of aliphatic hydroxyl groups is 1. The molecular weight excluding hydrogens is 466 g/mol. The molecule has 1 amide bonds. The number of benzene rings is 1. The maximum atomic E-state index is 13.5. The Kier molecular flexibility index (Phi) is 6.72. The van der Waals surface area contributed by atoms with Gasteiger partial charge in [-0.25, -0.2) is 13.4 Å². The summed E-state index contributed by atoms with van der Waals surface area (Å²) in [5.74, 6) is 0.311. The summed E-state index contributed by atoms with van der Waals surface area (Å²) in [6.45, 7) is -0.232. The Bertz CT molecular complexity index is 1210. The first-order valence-corrected chi connectivity index (χ1v) is 14.0. The summed E-state index contributed by atoms with van der Waals surface area (Å²) in [5, 5.41) is 11.8. The minimum Gasteiger partial charge on any atom is -0.390 e. The summed E-state index contributed by atoms with van der Waals surface area (Å²) >= 11 is 0. The molecule has 0 unspecified atom stereocenters. The van der Waals surface area contributed by atoms with E-state index in [2.05, 4.69) is 15.3 Å². The number of hydrogen-bond acceptors (Lipinski definition) is 7. The Morgan fingerprint density at radius 2 is 1.80 bits per heavy atom. The number of aliphatic hydroxyl groups excluding tert-OH is 1. The van der Waals surface area contributed by atoms with Crippen molar-refractivity contribution in [1.29, 1.82) is 0 Å². The molecule has 1 atom stereocenters. The molecule has 1 aromatic heterocycles. The second-order valence-electron chi connectivity index (χ2n) is 10.1. The fourth-order valence-corrected chi connectivity index (χ4v) is 6.92. The summed E-state index contributed by atoms with van der Waals surface area (Å²) in [6.07, 6.45) is 9.38. The summed E-state index contributed by atoms with van der Waals surface area (Å²) in [6, 6.07) is 5.43. The van der Waals surface area contributed by atoms with E-state index in [4.69, 9.17) is 0 Å². The van der Waals surface area contributed by atoms with E-state index in [0.29, 0.717) is 35.7 Å². The molecule has 3 saturated carbocycles. The molecule has 1 heterocycles. The highest BCUT2D eigenvalue weighted by atomic mass is 32.2. The maximum absolute atomic E-state index is 13.5.